The average molecular weight is 467 g/mol. The lowest BCUT2D eigenvalue weighted by molar-refractivity contribution is -0.139. The lowest BCUT2D eigenvalue weighted by atomic mass is 9.95. The SMILES string of the molecule is CCOC(=O)C1=C(COC(=O)c2cccc(NC(C)=O)c2)NC(=O)NC1c1ccc(OC)cc1. The second-order valence-corrected chi connectivity index (χ2v) is 7.26. The van der Waals surface area contributed by atoms with E-state index in [0.717, 1.165) is 0 Å². The number of carbonyl (C=O) groups is 4. The lowest BCUT2D eigenvalue weighted by Gasteiger charge is -2.29. The van der Waals surface area contributed by atoms with Gasteiger partial charge in [-0.05, 0) is 42.8 Å². The van der Waals surface area contributed by atoms with Gasteiger partial charge in [0, 0.05) is 12.6 Å². The van der Waals surface area contributed by atoms with Gasteiger partial charge in [-0.2, -0.15) is 0 Å². The van der Waals surface area contributed by atoms with Gasteiger partial charge < -0.3 is 30.2 Å². The molecule has 34 heavy (non-hydrogen) atoms. The summed E-state index contributed by atoms with van der Waals surface area (Å²) in [4.78, 5) is 49.0. The standard InChI is InChI=1S/C24H25N3O7/c1-4-33-23(30)20-19(13-34-22(29)16-6-5-7-17(12-16)25-14(2)28)26-24(31)27-21(20)15-8-10-18(32-3)11-9-15/h5-12,21H,4,13H2,1-3H3,(H,25,28)(H2,26,27,31). The van der Waals surface area contributed by atoms with Crippen LogP contribution in [0.1, 0.15) is 35.8 Å². The van der Waals surface area contributed by atoms with Crippen LogP contribution in [0.4, 0.5) is 10.5 Å². The van der Waals surface area contributed by atoms with E-state index in [2.05, 4.69) is 16.0 Å². The van der Waals surface area contributed by atoms with Crippen molar-refractivity contribution in [3.8, 4) is 5.75 Å². The number of hydrogen-bond donors (Lipinski definition) is 3. The van der Waals surface area contributed by atoms with E-state index in [1.165, 1.54) is 26.2 Å². The van der Waals surface area contributed by atoms with Crippen molar-refractivity contribution in [2.75, 3.05) is 25.6 Å². The molecule has 1 heterocycles. The normalized spacial score (nSPS) is 15.0. The number of nitrogens with one attached hydrogen (secondary N) is 3. The van der Waals surface area contributed by atoms with Crippen LogP contribution in [-0.4, -0.2) is 44.2 Å². The van der Waals surface area contributed by atoms with Crippen LogP contribution in [-0.2, 0) is 19.1 Å². The van der Waals surface area contributed by atoms with E-state index in [-0.39, 0.29) is 36.0 Å². The quantitative estimate of drug-likeness (QED) is 0.509. The molecule has 1 aliphatic heterocycles. The molecule has 10 nitrogen and oxygen atoms in total. The zero-order valence-corrected chi connectivity index (χ0v) is 19.0. The molecule has 0 saturated carbocycles. The van der Waals surface area contributed by atoms with Crippen molar-refractivity contribution < 1.29 is 33.4 Å². The summed E-state index contributed by atoms with van der Waals surface area (Å²) in [6.45, 7) is 2.76. The summed E-state index contributed by atoms with van der Waals surface area (Å²) in [6, 6.07) is 11.7. The molecule has 0 aromatic heterocycles. The third-order valence-corrected chi connectivity index (χ3v) is 4.86. The Kier molecular flexibility index (Phi) is 7.86. The predicted molar refractivity (Wildman–Crippen MR) is 122 cm³/mol. The number of methoxy groups -OCH3 is 1. The highest BCUT2D eigenvalue weighted by Gasteiger charge is 2.34. The molecule has 10 heteroatoms. The van der Waals surface area contributed by atoms with Gasteiger partial charge in [0.1, 0.15) is 12.4 Å². The number of benzene rings is 2. The van der Waals surface area contributed by atoms with Gasteiger partial charge >= 0.3 is 18.0 Å². The number of rotatable bonds is 8. The minimum Gasteiger partial charge on any atom is -0.497 e. The van der Waals surface area contributed by atoms with Crippen LogP contribution >= 0.6 is 0 Å². The van der Waals surface area contributed by atoms with Gasteiger partial charge in [-0.1, -0.05) is 18.2 Å². The number of hydrogen-bond acceptors (Lipinski definition) is 7. The summed E-state index contributed by atoms with van der Waals surface area (Å²) < 4.78 is 15.7. The van der Waals surface area contributed by atoms with E-state index in [1.54, 1.807) is 43.3 Å². The van der Waals surface area contributed by atoms with Gasteiger partial charge in [0.25, 0.3) is 0 Å². The van der Waals surface area contributed by atoms with Gasteiger partial charge in [-0.3, -0.25) is 4.79 Å². The summed E-state index contributed by atoms with van der Waals surface area (Å²) in [5.74, 6) is -1.02. The van der Waals surface area contributed by atoms with E-state index in [0.29, 0.717) is 17.0 Å². The van der Waals surface area contributed by atoms with Gasteiger partial charge in [0.05, 0.1) is 36.6 Å². The molecule has 2 aromatic carbocycles. The van der Waals surface area contributed by atoms with Gasteiger partial charge in [-0.15, -0.1) is 0 Å². The fraction of sp³-hybridized carbons (Fsp3) is 0.250. The van der Waals surface area contributed by atoms with E-state index >= 15 is 0 Å². The monoisotopic (exact) mass is 467 g/mol. The first-order valence-corrected chi connectivity index (χ1v) is 10.5. The molecule has 0 radical (unpaired) electrons. The summed E-state index contributed by atoms with van der Waals surface area (Å²) in [5, 5.41) is 7.83. The Morgan fingerprint density at radius 2 is 1.76 bits per heavy atom. The Bertz CT molecular complexity index is 1130. The molecular weight excluding hydrogens is 442 g/mol. The topological polar surface area (TPSA) is 132 Å². The zero-order valence-electron chi connectivity index (χ0n) is 19.0. The maximum absolute atomic E-state index is 12.8. The molecule has 0 fully saturated rings. The molecule has 1 atom stereocenters. The first-order chi connectivity index (χ1) is 16.3. The summed E-state index contributed by atoms with van der Waals surface area (Å²) in [7, 11) is 1.53. The Morgan fingerprint density at radius 1 is 1.03 bits per heavy atom. The summed E-state index contributed by atoms with van der Waals surface area (Å²) >= 11 is 0. The van der Waals surface area contributed by atoms with Crippen LogP contribution in [0.15, 0.2) is 59.8 Å². The maximum atomic E-state index is 12.8. The molecule has 0 saturated heterocycles. The fourth-order valence-corrected chi connectivity index (χ4v) is 3.38. The third kappa shape index (κ3) is 5.91. The number of urea groups is 1. The van der Waals surface area contributed by atoms with E-state index in [9.17, 15) is 19.2 Å². The van der Waals surface area contributed by atoms with Crippen LogP contribution in [0.3, 0.4) is 0 Å². The molecule has 178 valence electrons. The first-order valence-electron chi connectivity index (χ1n) is 10.5. The predicted octanol–water partition coefficient (Wildman–Crippen LogP) is 2.68. The average Bonchev–Trinajstić information content (AvgIpc) is 2.82. The van der Waals surface area contributed by atoms with Crippen molar-refractivity contribution in [1.29, 1.82) is 0 Å². The van der Waals surface area contributed by atoms with Crippen LogP contribution in [0, 0.1) is 0 Å². The highest BCUT2D eigenvalue weighted by atomic mass is 16.5. The number of amides is 3. The van der Waals surface area contributed by atoms with Crippen LogP contribution in [0.25, 0.3) is 0 Å². The Balaban J connectivity index is 1.88. The Morgan fingerprint density at radius 3 is 2.41 bits per heavy atom. The smallest absolute Gasteiger partial charge is 0.338 e. The molecule has 0 aliphatic carbocycles. The van der Waals surface area contributed by atoms with Crippen molar-refractivity contribution in [3.05, 3.63) is 70.9 Å². The molecule has 0 bridgehead atoms. The number of ether oxygens (including phenoxy) is 3. The van der Waals surface area contributed by atoms with Gasteiger partial charge in [0.15, 0.2) is 0 Å². The van der Waals surface area contributed by atoms with Crippen molar-refractivity contribution >= 4 is 29.6 Å². The number of anilines is 1. The van der Waals surface area contributed by atoms with Gasteiger partial charge in [0.2, 0.25) is 5.91 Å². The number of carbonyl (C=O) groups excluding carboxylic acids is 4. The van der Waals surface area contributed by atoms with Crippen molar-refractivity contribution in [2.45, 2.75) is 19.9 Å². The third-order valence-electron chi connectivity index (χ3n) is 4.86. The molecule has 3 rings (SSSR count). The minimum absolute atomic E-state index is 0.106. The summed E-state index contributed by atoms with van der Waals surface area (Å²) in [5.41, 5.74) is 1.46. The first kappa shape index (κ1) is 24.3. The van der Waals surface area contributed by atoms with Gasteiger partial charge in [-0.25, -0.2) is 14.4 Å². The second-order valence-electron chi connectivity index (χ2n) is 7.26. The Hall–Kier alpha value is -4.34. The lowest BCUT2D eigenvalue weighted by Crippen LogP contribution is -2.47. The zero-order chi connectivity index (χ0) is 24.7. The molecule has 3 N–H and O–H groups in total. The van der Waals surface area contributed by atoms with E-state index in [1.807, 2.05) is 0 Å². The molecule has 3 amide bonds. The minimum atomic E-state index is -0.824. The van der Waals surface area contributed by atoms with Crippen molar-refractivity contribution in [2.24, 2.45) is 0 Å². The maximum Gasteiger partial charge on any atom is 0.338 e. The highest BCUT2D eigenvalue weighted by molar-refractivity contribution is 5.96. The number of esters is 2. The Labute approximate surface area is 196 Å². The van der Waals surface area contributed by atoms with E-state index < -0.39 is 24.0 Å². The van der Waals surface area contributed by atoms with Crippen LogP contribution in [0.5, 0.6) is 5.75 Å². The molecule has 0 spiro atoms. The van der Waals surface area contributed by atoms with Crippen molar-refractivity contribution in [3.63, 3.8) is 0 Å². The van der Waals surface area contributed by atoms with Crippen LogP contribution in [0.2, 0.25) is 0 Å². The molecular formula is C24H25N3O7. The van der Waals surface area contributed by atoms with E-state index in [4.69, 9.17) is 14.2 Å². The largest absolute Gasteiger partial charge is 0.497 e. The molecule has 2 aromatic rings. The summed E-state index contributed by atoms with van der Waals surface area (Å²) in [6.07, 6.45) is 0. The molecule has 1 aliphatic rings. The highest BCUT2D eigenvalue weighted by Crippen LogP contribution is 2.29. The fourth-order valence-electron chi connectivity index (χ4n) is 3.38. The molecule has 1 unspecified atom stereocenters. The second kappa shape index (κ2) is 11.0. The van der Waals surface area contributed by atoms with Crippen LogP contribution < -0.4 is 20.7 Å². The van der Waals surface area contributed by atoms with Crippen molar-refractivity contribution in [1.82, 2.24) is 10.6 Å².